The highest BCUT2D eigenvalue weighted by molar-refractivity contribution is 7.07. The molecule has 0 radical (unpaired) electrons. The molecule has 0 aliphatic rings. The average Bonchev–Trinajstić information content (AvgIpc) is 2.79. The van der Waals surface area contributed by atoms with E-state index in [-0.39, 0.29) is 6.10 Å². The van der Waals surface area contributed by atoms with E-state index in [9.17, 15) is 5.11 Å². The molecule has 0 spiro atoms. The van der Waals surface area contributed by atoms with Crippen molar-refractivity contribution in [2.75, 3.05) is 0 Å². The van der Waals surface area contributed by atoms with Crippen molar-refractivity contribution in [1.82, 2.24) is 9.55 Å². The number of aliphatic hydroxyl groups excluding tert-OH is 1. The van der Waals surface area contributed by atoms with Crippen LogP contribution in [0.25, 0.3) is 0 Å². The molecule has 0 aromatic carbocycles. The Morgan fingerprint density at radius 1 is 1.53 bits per heavy atom. The summed E-state index contributed by atoms with van der Waals surface area (Å²) in [5.41, 5.74) is 1.20. The van der Waals surface area contributed by atoms with Crippen LogP contribution in [0.1, 0.15) is 11.4 Å². The molecule has 0 aliphatic carbocycles. The molecule has 2 aromatic rings. The van der Waals surface area contributed by atoms with Crippen LogP contribution in [-0.2, 0) is 19.9 Å². The molecular weight excluding hydrogens is 208 g/mol. The fourth-order valence-electron chi connectivity index (χ4n) is 1.56. The first kappa shape index (κ1) is 10.4. The molecule has 4 heteroatoms. The van der Waals surface area contributed by atoms with E-state index in [0.29, 0.717) is 12.8 Å². The Balaban J connectivity index is 1.93. The maximum Gasteiger partial charge on any atom is 0.110 e. The summed E-state index contributed by atoms with van der Waals surface area (Å²) >= 11 is 1.66. The number of aryl methyl sites for hydroxylation is 1. The molecule has 2 rings (SSSR count). The molecule has 0 aliphatic heterocycles. The zero-order chi connectivity index (χ0) is 10.7. The Bertz CT molecular complexity index is 408. The smallest absolute Gasteiger partial charge is 0.110 e. The monoisotopic (exact) mass is 222 g/mol. The molecule has 2 heterocycles. The summed E-state index contributed by atoms with van der Waals surface area (Å²) in [4.78, 5) is 4.19. The average molecular weight is 222 g/mol. The standard InChI is InChI=1S/C11H14N2OS/c1-13-4-3-12-11(13)7-10(14)6-9-2-5-15-8-9/h2-5,8,10,14H,6-7H2,1H3. The number of rotatable bonds is 4. The second kappa shape index (κ2) is 4.59. The molecule has 2 aromatic heterocycles. The van der Waals surface area contributed by atoms with Crippen molar-refractivity contribution in [1.29, 1.82) is 0 Å². The molecular formula is C11H14N2OS. The van der Waals surface area contributed by atoms with Crippen molar-refractivity contribution < 1.29 is 5.11 Å². The van der Waals surface area contributed by atoms with Gasteiger partial charge in [-0.05, 0) is 28.8 Å². The first-order valence-corrected chi connectivity index (χ1v) is 5.85. The van der Waals surface area contributed by atoms with Crippen molar-refractivity contribution in [3.63, 3.8) is 0 Å². The lowest BCUT2D eigenvalue weighted by Crippen LogP contribution is -2.16. The minimum Gasteiger partial charge on any atom is -0.392 e. The van der Waals surface area contributed by atoms with E-state index in [4.69, 9.17) is 0 Å². The Kier molecular flexibility index (Phi) is 3.18. The third kappa shape index (κ3) is 2.67. The summed E-state index contributed by atoms with van der Waals surface area (Å²) in [6, 6.07) is 2.05. The zero-order valence-corrected chi connectivity index (χ0v) is 9.44. The van der Waals surface area contributed by atoms with Gasteiger partial charge in [-0.3, -0.25) is 0 Å². The summed E-state index contributed by atoms with van der Waals surface area (Å²) in [6.07, 6.45) is 4.62. The Morgan fingerprint density at radius 2 is 2.40 bits per heavy atom. The molecule has 15 heavy (non-hydrogen) atoms. The number of aliphatic hydroxyl groups is 1. The van der Waals surface area contributed by atoms with Crippen LogP contribution in [0.2, 0.25) is 0 Å². The first-order chi connectivity index (χ1) is 7.25. The van der Waals surface area contributed by atoms with Gasteiger partial charge in [0.15, 0.2) is 0 Å². The van der Waals surface area contributed by atoms with Crippen LogP contribution in [0.3, 0.4) is 0 Å². The molecule has 0 saturated carbocycles. The van der Waals surface area contributed by atoms with Crippen LogP contribution in [0.15, 0.2) is 29.2 Å². The van der Waals surface area contributed by atoms with Gasteiger partial charge in [0, 0.05) is 25.9 Å². The van der Waals surface area contributed by atoms with Gasteiger partial charge in [-0.2, -0.15) is 11.3 Å². The lowest BCUT2D eigenvalue weighted by molar-refractivity contribution is 0.172. The number of thiophene rings is 1. The van der Waals surface area contributed by atoms with E-state index in [0.717, 1.165) is 5.82 Å². The van der Waals surface area contributed by atoms with Gasteiger partial charge in [-0.15, -0.1) is 0 Å². The first-order valence-electron chi connectivity index (χ1n) is 4.91. The lowest BCUT2D eigenvalue weighted by atomic mass is 10.1. The summed E-state index contributed by atoms with van der Waals surface area (Å²) in [5.74, 6) is 0.928. The van der Waals surface area contributed by atoms with E-state index in [2.05, 4.69) is 10.4 Å². The summed E-state index contributed by atoms with van der Waals surface area (Å²) in [6.45, 7) is 0. The summed E-state index contributed by atoms with van der Waals surface area (Å²) < 4.78 is 1.94. The van der Waals surface area contributed by atoms with E-state index < -0.39 is 0 Å². The van der Waals surface area contributed by atoms with E-state index in [1.54, 1.807) is 17.5 Å². The van der Waals surface area contributed by atoms with Crippen molar-refractivity contribution in [2.24, 2.45) is 7.05 Å². The minimum atomic E-state index is -0.347. The van der Waals surface area contributed by atoms with Crippen LogP contribution in [-0.4, -0.2) is 20.8 Å². The maximum absolute atomic E-state index is 9.87. The number of imidazole rings is 1. The number of aromatic nitrogens is 2. The van der Waals surface area contributed by atoms with Gasteiger partial charge in [-0.1, -0.05) is 0 Å². The minimum absolute atomic E-state index is 0.347. The SMILES string of the molecule is Cn1ccnc1CC(O)Cc1ccsc1. The zero-order valence-electron chi connectivity index (χ0n) is 8.63. The normalized spacial score (nSPS) is 12.9. The third-order valence-corrected chi connectivity index (χ3v) is 3.12. The largest absolute Gasteiger partial charge is 0.392 e. The van der Waals surface area contributed by atoms with Crippen LogP contribution >= 0.6 is 11.3 Å². The topological polar surface area (TPSA) is 38.0 Å². The fraction of sp³-hybridized carbons (Fsp3) is 0.364. The van der Waals surface area contributed by atoms with Gasteiger partial charge in [0.25, 0.3) is 0 Å². The lowest BCUT2D eigenvalue weighted by Gasteiger charge is -2.09. The number of hydrogen-bond donors (Lipinski definition) is 1. The van der Waals surface area contributed by atoms with Crippen molar-refractivity contribution in [3.05, 3.63) is 40.6 Å². The predicted molar refractivity (Wildman–Crippen MR) is 60.9 cm³/mol. The van der Waals surface area contributed by atoms with Crippen molar-refractivity contribution in [3.8, 4) is 0 Å². The second-order valence-corrected chi connectivity index (χ2v) is 4.43. The Hall–Kier alpha value is -1.13. The predicted octanol–water partition coefficient (Wildman–Crippen LogP) is 1.63. The number of hydrogen-bond acceptors (Lipinski definition) is 3. The van der Waals surface area contributed by atoms with Crippen LogP contribution in [0, 0.1) is 0 Å². The third-order valence-electron chi connectivity index (χ3n) is 2.39. The van der Waals surface area contributed by atoms with Crippen molar-refractivity contribution in [2.45, 2.75) is 18.9 Å². The molecule has 0 bridgehead atoms. The van der Waals surface area contributed by atoms with E-state index in [1.807, 2.05) is 29.3 Å². The summed E-state index contributed by atoms with van der Waals surface area (Å²) in [5, 5.41) is 14.0. The van der Waals surface area contributed by atoms with Crippen LogP contribution in [0.5, 0.6) is 0 Å². The van der Waals surface area contributed by atoms with Gasteiger partial charge in [0.05, 0.1) is 6.10 Å². The van der Waals surface area contributed by atoms with Gasteiger partial charge in [0.1, 0.15) is 5.82 Å². The molecule has 0 saturated heterocycles. The van der Waals surface area contributed by atoms with E-state index >= 15 is 0 Å². The van der Waals surface area contributed by atoms with Gasteiger partial charge in [-0.25, -0.2) is 4.98 Å². The molecule has 0 amide bonds. The maximum atomic E-state index is 9.87. The Morgan fingerprint density at radius 3 is 3.00 bits per heavy atom. The highest BCUT2D eigenvalue weighted by atomic mass is 32.1. The molecule has 1 unspecified atom stereocenters. The highest BCUT2D eigenvalue weighted by Crippen LogP contribution is 2.11. The number of nitrogens with zero attached hydrogens (tertiary/aromatic N) is 2. The molecule has 1 atom stereocenters. The van der Waals surface area contributed by atoms with Crippen LogP contribution in [0.4, 0.5) is 0 Å². The second-order valence-electron chi connectivity index (χ2n) is 3.65. The molecule has 3 nitrogen and oxygen atoms in total. The highest BCUT2D eigenvalue weighted by Gasteiger charge is 2.09. The summed E-state index contributed by atoms with van der Waals surface area (Å²) in [7, 11) is 1.94. The molecule has 0 fully saturated rings. The quantitative estimate of drug-likeness (QED) is 0.853. The molecule has 1 N–H and O–H groups in total. The van der Waals surface area contributed by atoms with Crippen molar-refractivity contribution >= 4 is 11.3 Å². The Labute approximate surface area is 93.0 Å². The molecule has 80 valence electrons. The van der Waals surface area contributed by atoms with Crippen LogP contribution < -0.4 is 0 Å². The van der Waals surface area contributed by atoms with E-state index in [1.165, 1.54) is 5.56 Å². The van der Waals surface area contributed by atoms with Gasteiger partial charge >= 0.3 is 0 Å². The van der Waals surface area contributed by atoms with Gasteiger partial charge in [0.2, 0.25) is 0 Å². The van der Waals surface area contributed by atoms with Gasteiger partial charge < -0.3 is 9.67 Å². The fourth-order valence-corrected chi connectivity index (χ4v) is 2.24.